The smallest absolute Gasteiger partial charge is 0.152 e. The number of pyridine rings is 1. The van der Waals surface area contributed by atoms with Gasteiger partial charge in [0.15, 0.2) is 5.82 Å². The molecule has 0 spiro atoms. The Morgan fingerprint density at radius 3 is 2.93 bits per heavy atom. The van der Waals surface area contributed by atoms with E-state index in [2.05, 4.69) is 50.0 Å². The molecule has 0 amide bonds. The summed E-state index contributed by atoms with van der Waals surface area (Å²) in [5.74, 6) is 1.40. The van der Waals surface area contributed by atoms with Crippen molar-refractivity contribution in [3.05, 3.63) is 65.7 Å². The molecule has 0 bridgehead atoms. The van der Waals surface area contributed by atoms with Crippen LogP contribution < -0.4 is 0 Å². The van der Waals surface area contributed by atoms with Gasteiger partial charge in [-0.25, -0.2) is 9.97 Å². The van der Waals surface area contributed by atoms with Crippen molar-refractivity contribution in [2.24, 2.45) is 5.92 Å². The van der Waals surface area contributed by atoms with Crippen LogP contribution in [-0.4, -0.2) is 32.7 Å². The number of hydrogen-bond donors (Lipinski definition) is 0. The summed E-state index contributed by atoms with van der Waals surface area (Å²) in [6.45, 7) is 3.52. The van der Waals surface area contributed by atoms with Gasteiger partial charge >= 0.3 is 0 Å². The molecule has 0 radical (unpaired) electrons. The lowest BCUT2D eigenvalue weighted by Crippen LogP contribution is -2.20. The first kappa shape index (κ1) is 16.6. The Bertz CT molecular complexity index is 1080. The standard InChI is InChI=1S/C21H20N4OS/c1-14-20(27-13-24-14)21-23-8-9-25(21)19-12-26-11-16(19)10-15-6-7-22-18-5-3-2-4-17(15)18/h2-9,13,16,19H,10-12H2,1H3/t16-,19-/m1/s1. The van der Waals surface area contributed by atoms with E-state index in [1.807, 2.05) is 30.9 Å². The number of hydrogen-bond acceptors (Lipinski definition) is 5. The Morgan fingerprint density at radius 2 is 2.04 bits per heavy atom. The Labute approximate surface area is 161 Å². The van der Waals surface area contributed by atoms with E-state index in [-0.39, 0.29) is 6.04 Å². The molecule has 0 unspecified atom stereocenters. The number of para-hydroxylation sites is 1. The number of fused-ring (bicyclic) bond motifs is 1. The third-order valence-electron chi connectivity index (χ3n) is 5.36. The Balaban J connectivity index is 1.48. The van der Waals surface area contributed by atoms with E-state index in [4.69, 9.17) is 4.74 Å². The van der Waals surface area contributed by atoms with E-state index in [0.717, 1.165) is 41.5 Å². The molecule has 1 aromatic carbocycles. The van der Waals surface area contributed by atoms with Crippen molar-refractivity contribution < 1.29 is 4.74 Å². The summed E-state index contributed by atoms with van der Waals surface area (Å²) in [6, 6.07) is 10.8. The van der Waals surface area contributed by atoms with Crippen LogP contribution in [0.25, 0.3) is 21.6 Å². The van der Waals surface area contributed by atoms with Gasteiger partial charge in [-0.1, -0.05) is 18.2 Å². The molecule has 1 aliphatic heterocycles. The Hall–Kier alpha value is -2.57. The monoisotopic (exact) mass is 376 g/mol. The first-order chi connectivity index (χ1) is 13.3. The quantitative estimate of drug-likeness (QED) is 0.533. The van der Waals surface area contributed by atoms with Crippen LogP contribution in [0.2, 0.25) is 0 Å². The van der Waals surface area contributed by atoms with Gasteiger partial charge in [0.2, 0.25) is 0 Å². The highest BCUT2D eigenvalue weighted by atomic mass is 32.1. The largest absolute Gasteiger partial charge is 0.379 e. The van der Waals surface area contributed by atoms with Gasteiger partial charge in [-0.15, -0.1) is 11.3 Å². The highest BCUT2D eigenvalue weighted by Gasteiger charge is 2.32. The second-order valence-corrected chi connectivity index (χ2v) is 7.84. The topological polar surface area (TPSA) is 52.8 Å². The minimum Gasteiger partial charge on any atom is -0.379 e. The SMILES string of the molecule is Cc1ncsc1-c1nccn1[C@@H]1COC[C@H]1Cc1ccnc2ccccc12. The predicted molar refractivity (Wildman–Crippen MR) is 107 cm³/mol. The minimum absolute atomic E-state index is 0.274. The van der Waals surface area contributed by atoms with E-state index in [1.165, 1.54) is 10.9 Å². The lowest BCUT2D eigenvalue weighted by molar-refractivity contribution is 0.181. The summed E-state index contributed by atoms with van der Waals surface area (Å²) in [5.41, 5.74) is 5.30. The maximum atomic E-state index is 5.90. The number of aryl methyl sites for hydroxylation is 1. The van der Waals surface area contributed by atoms with E-state index in [1.54, 1.807) is 11.3 Å². The van der Waals surface area contributed by atoms with Crippen LogP contribution in [0.15, 0.2) is 54.4 Å². The summed E-state index contributed by atoms with van der Waals surface area (Å²) in [7, 11) is 0. The fourth-order valence-electron chi connectivity index (χ4n) is 3.98. The lowest BCUT2D eigenvalue weighted by atomic mass is 9.93. The zero-order chi connectivity index (χ0) is 18.2. The van der Waals surface area contributed by atoms with Gasteiger partial charge < -0.3 is 9.30 Å². The molecule has 1 fully saturated rings. The number of ether oxygens (including phenoxy) is 1. The summed E-state index contributed by atoms with van der Waals surface area (Å²) in [5, 5.41) is 1.23. The third kappa shape index (κ3) is 2.95. The van der Waals surface area contributed by atoms with Crippen molar-refractivity contribution in [1.82, 2.24) is 19.5 Å². The highest BCUT2D eigenvalue weighted by Crippen LogP contribution is 2.35. The van der Waals surface area contributed by atoms with Crippen molar-refractivity contribution in [3.8, 4) is 10.7 Å². The summed E-state index contributed by atoms with van der Waals surface area (Å²) < 4.78 is 8.18. The van der Waals surface area contributed by atoms with Crippen LogP contribution in [0.3, 0.4) is 0 Å². The van der Waals surface area contributed by atoms with E-state index in [9.17, 15) is 0 Å². The highest BCUT2D eigenvalue weighted by molar-refractivity contribution is 7.13. The van der Waals surface area contributed by atoms with Crippen LogP contribution in [-0.2, 0) is 11.2 Å². The van der Waals surface area contributed by atoms with Crippen molar-refractivity contribution >= 4 is 22.2 Å². The van der Waals surface area contributed by atoms with Crippen LogP contribution >= 0.6 is 11.3 Å². The molecule has 5 nitrogen and oxygen atoms in total. The molecule has 0 N–H and O–H groups in total. The molecule has 1 aliphatic rings. The maximum Gasteiger partial charge on any atom is 0.152 e. The van der Waals surface area contributed by atoms with Crippen LogP contribution in [0.5, 0.6) is 0 Å². The molecular formula is C21H20N4OS. The molecule has 6 heteroatoms. The average molecular weight is 376 g/mol. The average Bonchev–Trinajstić information content (AvgIpc) is 3.42. The molecule has 136 valence electrons. The molecule has 1 saturated heterocycles. The molecule has 0 saturated carbocycles. The summed E-state index contributed by atoms with van der Waals surface area (Å²) in [4.78, 5) is 14.6. The van der Waals surface area contributed by atoms with Crippen molar-refractivity contribution in [2.75, 3.05) is 13.2 Å². The van der Waals surface area contributed by atoms with Gasteiger partial charge in [0, 0.05) is 29.9 Å². The molecule has 4 heterocycles. The van der Waals surface area contributed by atoms with Gasteiger partial charge in [0.05, 0.1) is 40.9 Å². The van der Waals surface area contributed by atoms with E-state index >= 15 is 0 Å². The molecule has 4 aromatic rings. The predicted octanol–water partition coefficient (Wildman–Crippen LogP) is 4.29. The van der Waals surface area contributed by atoms with E-state index in [0.29, 0.717) is 5.92 Å². The minimum atomic E-state index is 0.274. The maximum absolute atomic E-state index is 5.90. The van der Waals surface area contributed by atoms with Crippen molar-refractivity contribution in [2.45, 2.75) is 19.4 Å². The fraction of sp³-hybridized carbons (Fsp3) is 0.286. The normalized spacial score (nSPS) is 19.7. The second-order valence-electron chi connectivity index (χ2n) is 6.98. The molecule has 5 rings (SSSR count). The number of aromatic nitrogens is 4. The van der Waals surface area contributed by atoms with Gasteiger partial charge in [0.1, 0.15) is 0 Å². The third-order valence-corrected chi connectivity index (χ3v) is 6.29. The van der Waals surface area contributed by atoms with Gasteiger partial charge in [-0.3, -0.25) is 4.98 Å². The van der Waals surface area contributed by atoms with Crippen LogP contribution in [0, 0.1) is 12.8 Å². The first-order valence-electron chi connectivity index (χ1n) is 9.15. The number of nitrogens with zero attached hydrogens (tertiary/aromatic N) is 4. The van der Waals surface area contributed by atoms with Crippen LogP contribution in [0.4, 0.5) is 0 Å². The zero-order valence-corrected chi connectivity index (χ0v) is 15.9. The lowest BCUT2D eigenvalue weighted by Gasteiger charge is -2.21. The Kier molecular flexibility index (Phi) is 4.22. The van der Waals surface area contributed by atoms with Crippen molar-refractivity contribution in [1.29, 1.82) is 0 Å². The summed E-state index contributed by atoms with van der Waals surface area (Å²) in [6.07, 6.45) is 6.83. The first-order valence-corrected chi connectivity index (χ1v) is 10.0. The van der Waals surface area contributed by atoms with Crippen LogP contribution in [0.1, 0.15) is 17.3 Å². The summed E-state index contributed by atoms with van der Waals surface area (Å²) >= 11 is 1.64. The molecule has 0 aliphatic carbocycles. The molecule has 3 aromatic heterocycles. The zero-order valence-electron chi connectivity index (χ0n) is 15.1. The molecule has 2 atom stereocenters. The number of benzene rings is 1. The van der Waals surface area contributed by atoms with E-state index < -0.39 is 0 Å². The fourth-order valence-corrected chi connectivity index (χ4v) is 4.78. The van der Waals surface area contributed by atoms with Gasteiger partial charge in [-0.2, -0.15) is 0 Å². The van der Waals surface area contributed by atoms with Crippen molar-refractivity contribution in [3.63, 3.8) is 0 Å². The second kappa shape index (κ2) is 6.87. The number of rotatable bonds is 4. The van der Waals surface area contributed by atoms with Gasteiger partial charge in [-0.05, 0) is 31.0 Å². The molecule has 27 heavy (non-hydrogen) atoms. The van der Waals surface area contributed by atoms with Gasteiger partial charge in [0.25, 0.3) is 0 Å². The molecular weight excluding hydrogens is 356 g/mol. The number of imidazole rings is 1. The number of thiazole rings is 1. The Morgan fingerprint density at radius 1 is 1.11 bits per heavy atom.